The molecule has 116 valence electrons. The lowest BCUT2D eigenvalue weighted by atomic mass is 9.95. The molecule has 0 spiro atoms. The van der Waals surface area contributed by atoms with Crippen LogP contribution in [0, 0.1) is 12.8 Å². The van der Waals surface area contributed by atoms with Gasteiger partial charge in [0.15, 0.2) is 5.82 Å². The van der Waals surface area contributed by atoms with Crippen LogP contribution in [0.15, 0.2) is 10.8 Å². The van der Waals surface area contributed by atoms with Crippen molar-refractivity contribution in [3.8, 4) is 0 Å². The number of anilines is 1. The van der Waals surface area contributed by atoms with Gasteiger partial charge in [-0.15, -0.1) is 0 Å². The summed E-state index contributed by atoms with van der Waals surface area (Å²) in [4.78, 5) is 26.2. The maximum atomic E-state index is 12.4. The minimum absolute atomic E-state index is 0.168. The van der Waals surface area contributed by atoms with Crippen LogP contribution in [0.5, 0.6) is 0 Å². The summed E-state index contributed by atoms with van der Waals surface area (Å²) in [6.07, 6.45) is 5.52. The van der Waals surface area contributed by atoms with Gasteiger partial charge in [0.2, 0.25) is 0 Å². The molecule has 2 heterocycles. The fourth-order valence-electron chi connectivity index (χ4n) is 2.98. The highest BCUT2D eigenvalue weighted by Crippen LogP contribution is 2.27. The monoisotopic (exact) mass is 293 g/mol. The molecule has 2 amide bonds. The van der Waals surface area contributed by atoms with Crippen molar-refractivity contribution in [3.05, 3.63) is 11.8 Å². The average molecular weight is 293 g/mol. The van der Waals surface area contributed by atoms with Gasteiger partial charge in [0.25, 0.3) is 0 Å². The third kappa shape index (κ3) is 3.43. The van der Waals surface area contributed by atoms with E-state index in [1.807, 2.05) is 0 Å². The van der Waals surface area contributed by atoms with Crippen molar-refractivity contribution < 1.29 is 14.1 Å². The molecule has 2 rings (SSSR count). The number of nitrogens with one attached hydrogen (secondary N) is 1. The first kappa shape index (κ1) is 15.5. The van der Waals surface area contributed by atoms with Crippen LogP contribution in [0.1, 0.15) is 45.1 Å². The van der Waals surface area contributed by atoms with E-state index in [9.17, 15) is 9.59 Å². The van der Waals surface area contributed by atoms with E-state index in [0.29, 0.717) is 23.8 Å². The minimum atomic E-state index is -0.636. The van der Waals surface area contributed by atoms with Crippen molar-refractivity contribution in [2.75, 3.05) is 11.9 Å². The summed E-state index contributed by atoms with van der Waals surface area (Å²) in [5, 5.41) is 6.19. The first-order valence-electron chi connectivity index (χ1n) is 7.57. The molecule has 21 heavy (non-hydrogen) atoms. The van der Waals surface area contributed by atoms with Crippen molar-refractivity contribution in [2.24, 2.45) is 5.92 Å². The van der Waals surface area contributed by atoms with Crippen LogP contribution >= 0.6 is 0 Å². The van der Waals surface area contributed by atoms with Gasteiger partial charge in [-0.1, -0.05) is 25.4 Å². The number of aromatic nitrogens is 1. The van der Waals surface area contributed by atoms with E-state index < -0.39 is 11.8 Å². The summed E-state index contributed by atoms with van der Waals surface area (Å²) in [5.41, 5.74) is 0.702. The molecular weight excluding hydrogens is 270 g/mol. The van der Waals surface area contributed by atoms with Crippen molar-refractivity contribution in [1.82, 2.24) is 10.1 Å². The van der Waals surface area contributed by atoms with Gasteiger partial charge in [0.1, 0.15) is 6.26 Å². The molecule has 1 saturated heterocycles. The summed E-state index contributed by atoms with van der Waals surface area (Å²) in [6.45, 7) is 6.71. The molecule has 0 aromatic carbocycles. The zero-order valence-corrected chi connectivity index (χ0v) is 12.9. The van der Waals surface area contributed by atoms with Crippen molar-refractivity contribution in [3.63, 3.8) is 0 Å². The fraction of sp³-hybridized carbons (Fsp3) is 0.667. The normalized spacial score (nSPS) is 19.6. The van der Waals surface area contributed by atoms with Crippen LogP contribution in [0.25, 0.3) is 0 Å². The third-order valence-corrected chi connectivity index (χ3v) is 4.13. The minimum Gasteiger partial charge on any atom is -0.362 e. The zero-order valence-electron chi connectivity index (χ0n) is 12.9. The number of rotatable bonds is 4. The highest BCUT2D eigenvalue weighted by molar-refractivity contribution is 6.39. The maximum Gasteiger partial charge on any atom is 0.315 e. The highest BCUT2D eigenvalue weighted by atomic mass is 16.5. The first-order chi connectivity index (χ1) is 10.0. The van der Waals surface area contributed by atoms with Gasteiger partial charge in [0.05, 0.1) is 0 Å². The average Bonchev–Trinajstić information content (AvgIpc) is 3.08. The molecular formula is C15H23N3O3. The van der Waals surface area contributed by atoms with Crippen LogP contribution in [0.4, 0.5) is 5.82 Å². The molecule has 2 atom stereocenters. The second-order valence-corrected chi connectivity index (χ2v) is 5.77. The second kappa shape index (κ2) is 6.74. The molecule has 0 radical (unpaired) electrons. The van der Waals surface area contributed by atoms with Crippen LogP contribution in [0.2, 0.25) is 0 Å². The number of likely N-dealkylation sites (tertiary alicyclic amines) is 1. The topological polar surface area (TPSA) is 75.4 Å². The smallest absolute Gasteiger partial charge is 0.315 e. The van der Waals surface area contributed by atoms with Gasteiger partial charge in [-0.2, -0.15) is 0 Å². The number of aryl methyl sites for hydroxylation is 1. The number of amides is 2. The molecule has 0 aliphatic carbocycles. The summed E-state index contributed by atoms with van der Waals surface area (Å²) in [7, 11) is 0. The van der Waals surface area contributed by atoms with Gasteiger partial charge >= 0.3 is 11.8 Å². The van der Waals surface area contributed by atoms with E-state index in [4.69, 9.17) is 4.52 Å². The van der Waals surface area contributed by atoms with Crippen LogP contribution in [-0.4, -0.2) is 34.5 Å². The lowest BCUT2D eigenvalue weighted by Gasteiger charge is -2.28. The van der Waals surface area contributed by atoms with E-state index in [1.165, 1.54) is 6.26 Å². The first-order valence-corrected chi connectivity index (χ1v) is 7.57. The Kier molecular flexibility index (Phi) is 4.98. The molecule has 2 unspecified atom stereocenters. The molecule has 1 fully saturated rings. The van der Waals surface area contributed by atoms with Gasteiger partial charge in [-0.05, 0) is 32.1 Å². The Morgan fingerprint density at radius 1 is 1.57 bits per heavy atom. The Balaban J connectivity index is 2.01. The summed E-state index contributed by atoms with van der Waals surface area (Å²) >= 11 is 0. The van der Waals surface area contributed by atoms with E-state index in [0.717, 1.165) is 25.7 Å². The Hall–Kier alpha value is -1.85. The summed E-state index contributed by atoms with van der Waals surface area (Å²) in [6, 6.07) is 0.168. The lowest BCUT2D eigenvalue weighted by molar-refractivity contribution is -0.144. The molecule has 6 heteroatoms. The van der Waals surface area contributed by atoms with Crippen LogP contribution in [-0.2, 0) is 9.59 Å². The molecule has 1 N–H and O–H groups in total. The van der Waals surface area contributed by atoms with Crippen LogP contribution < -0.4 is 5.32 Å². The number of nitrogens with zero attached hydrogens (tertiary/aromatic N) is 2. The number of hydrogen-bond donors (Lipinski definition) is 1. The largest absolute Gasteiger partial charge is 0.362 e. The molecule has 6 nitrogen and oxygen atoms in total. The zero-order chi connectivity index (χ0) is 15.4. The van der Waals surface area contributed by atoms with Gasteiger partial charge in [-0.25, -0.2) is 0 Å². The van der Waals surface area contributed by atoms with E-state index in [1.54, 1.807) is 11.8 Å². The van der Waals surface area contributed by atoms with E-state index in [2.05, 4.69) is 24.3 Å². The van der Waals surface area contributed by atoms with E-state index in [-0.39, 0.29) is 6.04 Å². The predicted molar refractivity (Wildman–Crippen MR) is 78.7 cm³/mol. The lowest BCUT2D eigenvalue weighted by Crippen LogP contribution is -2.45. The molecule has 0 bridgehead atoms. The number of hydrogen-bond acceptors (Lipinski definition) is 4. The molecule has 1 aromatic rings. The highest BCUT2D eigenvalue weighted by Gasteiger charge is 2.35. The molecule has 1 aliphatic rings. The quantitative estimate of drug-likeness (QED) is 0.865. The standard InChI is InChI=1S/C15H23N3O3/c1-4-6-10(2)12-7-5-8-18(12)15(20)14(19)16-13-11(3)9-21-17-13/h9-10,12H,4-8H2,1-3H3,(H,16,17,19). The fourth-order valence-corrected chi connectivity index (χ4v) is 2.98. The maximum absolute atomic E-state index is 12.4. The number of carbonyl (C=O) groups excluding carboxylic acids is 2. The Bertz CT molecular complexity index is 512. The predicted octanol–water partition coefficient (Wildman–Crippen LogP) is 2.35. The van der Waals surface area contributed by atoms with Crippen molar-refractivity contribution in [2.45, 2.75) is 52.5 Å². The Labute approximate surface area is 124 Å². The summed E-state index contributed by atoms with van der Waals surface area (Å²) in [5.74, 6) is -0.376. The van der Waals surface area contributed by atoms with Gasteiger partial charge in [-0.3, -0.25) is 14.9 Å². The number of carbonyl (C=O) groups is 2. The SMILES string of the molecule is CCCC(C)C1CCCN1C(=O)C(=O)Nc1nocc1C. The third-order valence-electron chi connectivity index (χ3n) is 4.13. The second-order valence-electron chi connectivity index (χ2n) is 5.77. The van der Waals surface area contributed by atoms with E-state index >= 15 is 0 Å². The van der Waals surface area contributed by atoms with Gasteiger partial charge < -0.3 is 9.42 Å². The Morgan fingerprint density at radius 2 is 2.33 bits per heavy atom. The molecule has 1 aromatic heterocycles. The Morgan fingerprint density at radius 3 is 2.95 bits per heavy atom. The van der Waals surface area contributed by atoms with Gasteiger partial charge in [0, 0.05) is 18.2 Å². The van der Waals surface area contributed by atoms with Crippen molar-refractivity contribution >= 4 is 17.6 Å². The van der Waals surface area contributed by atoms with Crippen LogP contribution in [0.3, 0.4) is 0 Å². The van der Waals surface area contributed by atoms with Crippen molar-refractivity contribution in [1.29, 1.82) is 0 Å². The molecule has 1 aliphatic heterocycles. The molecule has 0 saturated carbocycles. The summed E-state index contributed by atoms with van der Waals surface area (Å²) < 4.78 is 4.75.